The molecule has 0 radical (unpaired) electrons. The summed E-state index contributed by atoms with van der Waals surface area (Å²) in [6, 6.07) is 0. The zero-order valence-electron chi connectivity index (χ0n) is 13.2. The number of benzene rings is 1. The molecule has 0 heterocycles. The fraction of sp³-hybridized carbons (Fsp3) is 0.294. The highest BCUT2D eigenvalue weighted by atomic mass is 19.4. The first kappa shape index (κ1) is 20.1. The number of alkyl halides is 6. The lowest BCUT2D eigenvalue weighted by atomic mass is 9.75. The lowest BCUT2D eigenvalue weighted by molar-refractivity contribution is -0.144. The Labute approximate surface area is 138 Å². The molecule has 130 valence electrons. The first-order valence-electron chi connectivity index (χ1n) is 7.14. The molecular weight excluding hydrogens is 329 g/mol. The zero-order chi connectivity index (χ0) is 18.7. The van der Waals surface area contributed by atoms with E-state index in [4.69, 9.17) is 0 Å². The summed E-state index contributed by atoms with van der Waals surface area (Å²) in [5.41, 5.74) is -3.65. The van der Waals surface area contributed by atoms with E-state index in [-0.39, 0.29) is 29.4 Å². The van der Waals surface area contributed by atoms with Gasteiger partial charge in [-0.2, -0.15) is 26.3 Å². The fourth-order valence-corrected chi connectivity index (χ4v) is 2.88. The van der Waals surface area contributed by atoms with Crippen LogP contribution < -0.4 is 5.46 Å². The third-order valence-corrected chi connectivity index (χ3v) is 3.72. The van der Waals surface area contributed by atoms with Crippen molar-refractivity contribution in [3.8, 4) is 0 Å². The van der Waals surface area contributed by atoms with Gasteiger partial charge < -0.3 is 0 Å². The molecule has 0 amide bonds. The van der Waals surface area contributed by atoms with Crippen LogP contribution in [-0.4, -0.2) is 7.85 Å². The molecule has 0 aromatic heterocycles. The molecule has 0 unspecified atom stereocenters. The van der Waals surface area contributed by atoms with Crippen molar-refractivity contribution in [1.29, 1.82) is 0 Å². The van der Waals surface area contributed by atoms with Gasteiger partial charge in [0, 0.05) is 0 Å². The third-order valence-electron chi connectivity index (χ3n) is 3.72. The molecule has 0 N–H and O–H groups in total. The molecule has 1 aromatic carbocycles. The van der Waals surface area contributed by atoms with Crippen molar-refractivity contribution < 1.29 is 26.3 Å². The van der Waals surface area contributed by atoms with E-state index >= 15 is 0 Å². The summed E-state index contributed by atoms with van der Waals surface area (Å²) in [5.74, 6) is 0. The van der Waals surface area contributed by atoms with E-state index in [0.717, 1.165) is 6.08 Å². The molecule has 0 bridgehead atoms. The lowest BCUT2D eigenvalue weighted by Gasteiger charge is -2.27. The second-order valence-corrected chi connectivity index (χ2v) is 5.28. The monoisotopic (exact) mass is 346 g/mol. The van der Waals surface area contributed by atoms with E-state index < -0.39 is 35.5 Å². The van der Waals surface area contributed by atoms with Crippen LogP contribution in [0.15, 0.2) is 38.0 Å². The molecule has 0 saturated heterocycles. The minimum absolute atomic E-state index is 0.0257. The molecule has 7 heteroatoms. The van der Waals surface area contributed by atoms with Crippen molar-refractivity contribution in [3.05, 3.63) is 65.8 Å². The molecule has 1 rings (SSSR count). The van der Waals surface area contributed by atoms with Crippen LogP contribution >= 0.6 is 0 Å². The predicted octanol–water partition coefficient (Wildman–Crippen LogP) is 4.17. The van der Waals surface area contributed by atoms with Crippen molar-refractivity contribution in [2.24, 2.45) is 0 Å². The summed E-state index contributed by atoms with van der Waals surface area (Å²) in [5, 5.41) is 0. The van der Waals surface area contributed by atoms with Crippen LogP contribution in [0.2, 0.25) is 0 Å². The molecule has 0 spiro atoms. The smallest absolute Gasteiger partial charge is 0.166 e. The van der Waals surface area contributed by atoms with Gasteiger partial charge in [0.2, 0.25) is 0 Å². The average molecular weight is 346 g/mol. The average Bonchev–Trinajstić information content (AvgIpc) is 2.41. The molecule has 1 aromatic rings. The Morgan fingerprint density at radius 1 is 0.667 bits per heavy atom. The first-order chi connectivity index (χ1) is 11.0. The molecule has 0 saturated carbocycles. The second kappa shape index (κ2) is 7.32. The molecule has 0 aliphatic carbocycles. The molecule has 0 fully saturated rings. The maximum Gasteiger partial charge on any atom is 0.416 e. The third kappa shape index (κ3) is 3.94. The SMILES string of the molecule is Bc1c(CC=C)c(C(F)(F)F)c(CC=C)c(C(F)(F)F)c1CC=C. The van der Waals surface area contributed by atoms with Crippen LogP contribution in [0.3, 0.4) is 0 Å². The van der Waals surface area contributed by atoms with Gasteiger partial charge in [-0.05, 0) is 36.0 Å². The lowest BCUT2D eigenvalue weighted by Crippen LogP contribution is -2.30. The minimum atomic E-state index is -4.91. The van der Waals surface area contributed by atoms with E-state index in [9.17, 15) is 26.3 Å². The van der Waals surface area contributed by atoms with Crippen LogP contribution in [0.1, 0.15) is 27.8 Å². The highest BCUT2D eigenvalue weighted by molar-refractivity contribution is 6.34. The predicted molar refractivity (Wildman–Crippen MR) is 86.3 cm³/mol. The Morgan fingerprint density at radius 2 is 0.958 bits per heavy atom. The van der Waals surface area contributed by atoms with Crippen LogP contribution in [-0.2, 0) is 31.6 Å². The van der Waals surface area contributed by atoms with Gasteiger partial charge in [-0.15, -0.1) is 19.7 Å². The summed E-state index contributed by atoms with van der Waals surface area (Å²) in [7, 11) is 1.28. The second-order valence-electron chi connectivity index (χ2n) is 5.28. The first-order valence-corrected chi connectivity index (χ1v) is 7.14. The van der Waals surface area contributed by atoms with Gasteiger partial charge in [0.1, 0.15) is 7.85 Å². The zero-order valence-corrected chi connectivity index (χ0v) is 13.2. The number of halogens is 6. The number of hydrogen-bond acceptors (Lipinski definition) is 0. The van der Waals surface area contributed by atoms with Crippen LogP contribution in [0.5, 0.6) is 0 Å². The van der Waals surface area contributed by atoms with Crippen molar-refractivity contribution in [2.75, 3.05) is 0 Å². The van der Waals surface area contributed by atoms with Crippen molar-refractivity contribution >= 4 is 13.3 Å². The van der Waals surface area contributed by atoms with Crippen LogP contribution in [0.25, 0.3) is 0 Å². The number of hydrogen-bond donors (Lipinski definition) is 0. The van der Waals surface area contributed by atoms with E-state index in [1.807, 2.05) is 0 Å². The topological polar surface area (TPSA) is 0 Å². The van der Waals surface area contributed by atoms with E-state index in [1.165, 1.54) is 20.0 Å². The van der Waals surface area contributed by atoms with Crippen molar-refractivity contribution in [1.82, 2.24) is 0 Å². The maximum atomic E-state index is 13.6. The Kier molecular flexibility index (Phi) is 6.14. The van der Waals surface area contributed by atoms with Gasteiger partial charge >= 0.3 is 12.4 Å². The number of rotatable bonds is 6. The normalized spacial score (nSPS) is 12.1. The molecule has 24 heavy (non-hydrogen) atoms. The molecular formula is C17H17BF6. The molecule has 0 nitrogen and oxygen atoms in total. The van der Waals surface area contributed by atoms with Crippen LogP contribution in [0.4, 0.5) is 26.3 Å². The number of allylic oxidation sites excluding steroid dienone is 3. The molecule has 0 aliphatic rings. The van der Waals surface area contributed by atoms with Gasteiger partial charge in [-0.1, -0.05) is 23.7 Å². The Hall–Kier alpha value is -1.92. The fourth-order valence-electron chi connectivity index (χ4n) is 2.88. The van der Waals surface area contributed by atoms with Crippen molar-refractivity contribution in [2.45, 2.75) is 31.6 Å². The maximum absolute atomic E-state index is 13.6. The van der Waals surface area contributed by atoms with Gasteiger partial charge in [0.15, 0.2) is 0 Å². The van der Waals surface area contributed by atoms with E-state index in [1.54, 1.807) is 0 Å². The van der Waals surface area contributed by atoms with Gasteiger partial charge in [-0.25, -0.2) is 0 Å². The Morgan fingerprint density at radius 3 is 1.21 bits per heavy atom. The van der Waals surface area contributed by atoms with Gasteiger partial charge in [-0.3, -0.25) is 0 Å². The quantitative estimate of drug-likeness (QED) is 0.412. The molecule has 0 aliphatic heterocycles. The Balaban J connectivity index is 4.12. The summed E-state index contributed by atoms with van der Waals surface area (Å²) < 4.78 is 81.4. The highest BCUT2D eigenvalue weighted by Crippen LogP contribution is 2.43. The van der Waals surface area contributed by atoms with E-state index in [2.05, 4.69) is 19.7 Å². The summed E-state index contributed by atoms with van der Waals surface area (Å²) in [4.78, 5) is 0. The minimum Gasteiger partial charge on any atom is -0.166 e. The Bertz CT molecular complexity index is 604. The van der Waals surface area contributed by atoms with Crippen molar-refractivity contribution in [3.63, 3.8) is 0 Å². The van der Waals surface area contributed by atoms with Gasteiger partial charge in [0.05, 0.1) is 11.1 Å². The van der Waals surface area contributed by atoms with Gasteiger partial charge in [0.25, 0.3) is 0 Å². The highest BCUT2D eigenvalue weighted by Gasteiger charge is 2.44. The van der Waals surface area contributed by atoms with Crippen LogP contribution in [0, 0.1) is 0 Å². The standard InChI is InChI=1S/C17H17BF6/c1-4-7-10-13(16(19,20)21)11(8-5-2)15(18)12(9-6-3)14(10)17(22,23)24/h4-6H,1-3,7-9,18H2. The van der Waals surface area contributed by atoms with E-state index in [0.29, 0.717) is 0 Å². The summed E-state index contributed by atoms with van der Waals surface area (Å²) in [6.45, 7) is 10.1. The molecule has 0 atom stereocenters. The summed E-state index contributed by atoms with van der Waals surface area (Å²) >= 11 is 0. The largest absolute Gasteiger partial charge is 0.416 e. The summed E-state index contributed by atoms with van der Waals surface area (Å²) in [6.07, 6.45) is -7.15.